The number of carbonyl (C=O) groups is 1. The molecule has 2 rings (SSSR count). The summed E-state index contributed by atoms with van der Waals surface area (Å²) < 4.78 is 23.2. The zero-order chi connectivity index (χ0) is 12.5. The van der Waals surface area contributed by atoms with Crippen LogP contribution in [0.5, 0.6) is 0 Å². The highest BCUT2D eigenvalue weighted by Gasteiger charge is 2.36. The Labute approximate surface area is 102 Å². The monoisotopic (exact) mass is 261 g/mol. The molecule has 0 amide bonds. The molecule has 0 radical (unpaired) electrons. The van der Waals surface area contributed by atoms with Crippen molar-refractivity contribution in [2.75, 3.05) is 18.1 Å². The fourth-order valence-electron chi connectivity index (χ4n) is 3.02. The second-order valence-corrected chi connectivity index (χ2v) is 7.27. The Morgan fingerprint density at radius 1 is 1.29 bits per heavy atom. The maximum Gasteiger partial charge on any atom is 0.304 e. The lowest BCUT2D eigenvalue weighted by atomic mass is 10.1. The first-order valence-electron chi connectivity index (χ1n) is 6.16. The molecule has 0 spiro atoms. The van der Waals surface area contributed by atoms with Gasteiger partial charge in [0, 0.05) is 12.1 Å². The summed E-state index contributed by atoms with van der Waals surface area (Å²) in [6.45, 7) is 0.845. The summed E-state index contributed by atoms with van der Waals surface area (Å²) in [5, 5.41) is 8.85. The molecule has 0 saturated carbocycles. The van der Waals surface area contributed by atoms with Gasteiger partial charge >= 0.3 is 5.97 Å². The lowest BCUT2D eigenvalue weighted by molar-refractivity contribution is -0.138. The minimum absolute atomic E-state index is 0.0331. The van der Waals surface area contributed by atoms with Gasteiger partial charge in [0.1, 0.15) is 0 Å². The van der Waals surface area contributed by atoms with Crippen LogP contribution in [0.15, 0.2) is 0 Å². The Balaban J connectivity index is 2.03. The predicted octanol–water partition coefficient (Wildman–Crippen LogP) is 0.503. The highest BCUT2D eigenvalue weighted by Crippen LogP contribution is 2.27. The highest BCUT2D eigenvalue weighted by molar-refractivity contribution is 7.91. The molecule has 5 nitrogen and oxygen atoms in total. The third kappa shape index (κ3) is 3.19. The summed E-state index contributed by atoms with van der Waals surface area (Å²) in [6, 6.07) is 0.0754. The third-order valence-corrected chi connectivity index (χ3v) is 5.54. The Bertz CT molecular complexity index is 392. The van der Waals surface area contributed by atoms with Gasteiger partial charge < -0.3 is 5.11 Å². The van der Waals surface area contributed by atoms with Gasteiger partial charge in [-0.3, -0.25) is 9.69 Å². The van der Waals surface area contributed by atoms with E-state index < -0.39 is 15.8 Å². The van der Waals surface area contributed by atoms with Gasteiger partial charge in [0.05, 0.1) is 17.9 Å². The molecule has 2 atom stereocenters. The van der Waals surface area contributed by atoms with E-state index in [-0.39, 0.29) is 24.3 Å². The lowest BCUT2D eigenvalue weighted by Crippen LogP contribution is -2.46. The van der Waals surface area contributed by atoms with Crippen LogP contribution in [0.3, 0.4) is 0 Å². The Morgan fingerprint density at radius 2 is 2.06 bits per heavy atom. The molecule has 0 aromatic carbocycles. The molecule has 2 saturated heterocycles. The smallest absolute Gasteiger partial charge is 0.304 e. The maximum atomic E-state index is 11.6. The molecule has 0 aromatic rings. The summed E-state index contributed by atoms with van der Waals surface area (Å²) in [5.74, 6) is -0.287. The molecule has 0 bridgehead atoms. The summed E-state index contributed by atoms with van der Waals surface area (Å²) in [5.41, 5.74) is 0. The number of hydrogen-bond donors (Lipinski definition) is 1. The van der Waals surface area contributed by atoms with Crippen molar-refractivity contribution < 1.29 is 18.3 Å². The van der Waals surface area contributed by atoms with Crippen molar-refractivity contribution in [1.82, 2.24) is 4.90 Å². The Hall–Kier alpha value is -0.620. The lowest BCUT2D eigenvalue weighted by Gasteiger charge is -2.34. The molecule has 1 N–H and O–H groups in total. The standard InChI is InChI=1S/C11H19NO4S/c13-11(14)7-9-3-1-5-12(9)10-4-2-6-17(15,16)8-10/h9-10H,1-8H2,(H,13,14). The molecular weight excluding hydrogens is 242 g/mol. The van der Waals surface area contributed by atoms with E-state index in [9.17, 15) is 13.2 Å². The number of aliphatic carboxylic acids is 1. The van der Waals surface area contributed by atoms with E-state index in [2.05, 4.69) is 4.90 Å². The molecule has 2 fully saturated rings. The normalized spacial score (nSPS) is 33.6. The van der Waals surface area contributed by atoms with E-state index in [0.29, 0.717) is 12.2 Å². The molecular formula is C11H19NO4S. The predicted molar refractivity (Wildman–Crippen MR) is 63.7 cm³/mol. The van der Waals surface area contributed by atoms with E-state index in [0.717, 1.165) is 25.8 Å². The number of nitrogens with zero attached hydrogens (tertiary/aromatic N) is 1. The van der Waals surface area contributed by atoms with Crippen LogP contribution in [0.1, 0.15) is 32.1 Å². The Morgan fingerprint density at radius 3 is 2.71 bits per heavy atom. The maximum absolute atomic E-state index is 11.6. The van der Waals surface area contributed by atoms with Crippen LogP contribution in [-0.4, -0.2) is 54.5 Å². The molecule has 0 aliphatic carbocycles. The number of rotatable bonds is 3. The molecule has 2 aliphatic rings. The first kappa shape index (κ1) is 12.8. The van der Waals surface area contributed by atoms with Crippen LogP contribution in [-0.2, 0) is 14.6 Å². The topological polar surface area (TPSA) is 74.7 Å². The summed E-state index contributed by atoms with van der Waals surface area (Å²) >= 11 is 0. The average molecular weight is 261 g/mol. The number of sulfone groups is 1. The average Bonchev–Trinajstić information content (AvgIpc) is 2.63. The molecule has 98 valence electrons. The van der Waals surface area contributed by atoms with Crippen LogP contribution in [0, 0.1) is 0 Å². The van der Waals surface area contributed by atoms with Gasteiger partial charge in [-0.2, -0.15) is 0 Å². The molecule has 17 heavy (non-hydrogen) atoms. The van der Waals surface area contributed by atoms with Crippen LogP contribution in [0.25, 0.3) is 0 Å². The van der Waals surface area contributed by atoms with Crippen molar-refractivity contribution in [1.29, 1.82) is 0 Å². The quantitative estimate of drug-likeness (QED) is 0.801. The van der Waals surface area contributed by atoms with Gasteiger partial charge in [-0.25, -0.2) is 8.42 Å². The van der Waals surface area contributed by atoms with Gasteiger partial charge in [-0.1, -0.05) is 0 Å². The second-order valence-electron chi connectivity index (χ2n) is 5.04. The SMILES string of the molecule is O=C(O)CC1CCCN1C1CCCS(=O)(=O)C1. The number of carboxylic acid groups (broad SMARTS) is 1. The van der Waals surface area contributed by atoms with Crippen molar-refractivity contribution in [3.63, 3.8) is 0 Å². The fourth-order valence-corrected chi connectivity index (χ4v) is 4.74. The third-order valence-electron chi connectivity index (χ3n) is 3.74. The van der Waals surface area contributed by atoms with Crippen molar-refractivity contribution in [3.05, 3.63) is 0 Å². The zero-order valence-corrected chi connectivity index (χ0v) is 10.7. The summed E-state index contributed by atoms with van der Waals surface area (Å²) in [6.07, 6.45) is 3.59. The largest absolute Gasteiger partial charge is 0.481 e. The van der Waals surface area contributed by atoms with Gasteiger partial charge in [0.2, 0.25) is 0 Å². The first-order valence-corrected chi connectivity index (χ1v) is 7.98. The zero-order valence-electron chi connectivity index (χ0n) is 9.84. The highest BCUT2D eigenvalue weighted by atomic mass is 32.2. The van der Waals surface area contributed by atoms with Gasteiger partial charge in [0.15, 0.2) is 9.84 Å². The van der Waals surface area contributed by atoms with Crippen molar-refractivity contribution >= 4 is 15.8 Å². The molecule has 2 heterocycles. The second kappa shape index (κ2) is 4.94. The van der Waals surface area contributed by atoms with Crippen molar-refractivity contribution in [2.24, 2.45) is 0 Å². The van der Waals surface area contributed by atoms with Crippen LogP contribution < -0.4 is 0 Å². The van der Waals surface area contributed by atoms with E-state index in [1.165, 1.54) is 0 Å². The van der Waals surface area contributed by atoms with Gasteiger partial charge in [-0.15, -0.1) is 0 Å². The van der Waals surface area contributed by atoms with Crippen LogP contribution in [0.4, 0.5) is 0 Å². The van der Waals surface area contributed by atoms with Crippen molar-refractivity contribution in [3.8, 4) is 0 Å². The summed E-state index contributed by atoms with van der Waals surface area (Å²) in [4.78, 5) is 12.9. The number of likely N-dealkylation sites (tertiary alicyclic amines) is 1. The number of carboxylic acids is 1. The van der Waals surface area contributed by atoms with Crippen molar-refractivity contribution in [2.45, 2.75) is 44.2 Å². The van der Waals surface area contributed by atoms with Gasteiger partial charge in [-0.05, 0) is 32.2 Å². The van der Waals surface area contributed by atoms with E-state index in [4.69, 9.17) is 5.11 Å². The minimum atomic E-state index is -2.91. The molecule has 2 unspecified atom stereocenters. The van der Waals surface area contributed by atoms with E-state index in [1.807, 2.05) is 0 Å². The van der Waals surface area contributed by atoms with Gasteiger partial charge in [0.25, 0.3) is 0 Å². The molecule has 6 heteroatoms. The molecule has 0 aromatic heterocycles. The fraction of sp³-hybridized carbons (Fsp3) is 0.909. The van der Waals surface area contributed by atoms with Crippen LogP contribution in [0.2, 0.25) is 0 Å². The summed E-state index contributed by atoms with van der Waals surface area (Å²) in [7, 11) is -2.91. The Kier molecular flexibility index (Phi) is 3.73. The van der Waals surface area contributed by atoms with E-state index >= 15 is 0 Å². The van der Waals surface area contributed by atoms with E-state index in [1.54, 1.807) is 0 Å². The first-order chi connectivity index (χ1) is 7.98. The minimum Gasteiger partial charge on any atom is -0.481 e. The molecule has 2 aliphatic heterocycles. The number of hydrogen-bond acceptors (Lipinski definition) is 4. The van der Waals surface area contributed by atoms with Crippen LogP contribution >= 0.6 is 0 Å².